The maximum absolute atomic E-state index is 11.9. The SMILES string of the molecule is CC(=O)c1ccc2[nH]c(O)c(C(=NCCCc3cccnc3)c3ccccc3)c2c1. The number of Topliss-reactive ketones (excluding diaryl/α,β-unsaturated/α-hetero) is 1. The minimum atomic E-state index is -0.0155. The zero-order valence-corrected chi connectivity index (χ0v) is 16.8. The number of rotatable bonds is 7. The summed E-state index contributed by atoms with van der Waals surface area (Å²) in [5.41, 5.74) is 4.81. The van der Waals surface area contributed by atoms with Gasteiger partial charge in [-0.3, -0.25) is 14.8 Å². The molecule has 150 valence electrons. The van der Waals surface area contributed by atoms with Crippen LogP contribution in [0.2, 0.25) is 0 Å². The van der Waals surface area contributed by atoms with Crippen LogP contribution in [0.4, 0.5) is 0 Å². The summed E-state index contributed by atoms with van der Waals surface area (Å²) in [5.74, 6) is 0.0405. The van der Waals surface area contributed by atoms with Crippen molar-refractivity contribution in [2.45, 2.75) is 19.8 Å². The number of hydrogen-bond donors (Lipinski definition) is 2. The number of aromatic hydroxyl groups is 1. The van der Waals surface area contributed by atoms with E-state index in [1.165, 1.54) is 12.5 Å². The molecule has 0 aliphatic carbocycles. The van der Waals surface area contributed by atoms with Gasteiger partial charge < -0.3 is 10.1 Å². The van der Waals surface area contributed by atoms with Gasteiger partial charge in [0.05, 0.1) is 11.3 Å². The number of ketones is 1. The smallest absolute Gasteiger partial charge is 0.199 e. The number of aliphatic imine (C=N–C) groups is 1. The van der Waals surface area contributed by atoms with Crippen LogP contribution in [0, 0.1) is 0 Å². The highest BCUT2D eigenvalue weighted by atomic mass is 16.3. The van der Waals surface area contributed by atoms with Crippen molar-refractivity contribution in [1.82, 2.24) is 9.97 Å². The second-order valence-electron chi connectivity index (χ2n) is 7.23. The molecule has 0 saturated carbocycles. The summed E-state index contributed by atoms with van der Waals surface area (Å²) in [6.45, 7) is 2.15. The highest BCUT2D eigenvalue weighted by Crippen LogP contribution is 2.31. The Kier molecular flexibility index (Phi) is 5.70. The largest absolute Gasteiger partial charge is 0.494 e. The molecule has 0 bridgehead atoms. The Labute approximate surface area is 175 Å². The van der Waals surface area contributed by atoms with Crippen molar-refractivity contribution < 1.29 is 9.90 Å². The number of nitrogens with zero attached hydrogens (tertiary/aromatic N) is 2. The van der Waals surface area contributed by atoms with Crippen molar-refractivity contribution in [3.8, 4) is 5.88 Å². The van der Waals surface area contributed by atoms with Gasteiger partial charge in [0, 0.05) is 41.0 Å². The molecular weight excluding hydrogens is 374 g/mol. The average molecular weight is 397 g/mol. The fraction of sp³-hybridized carbons (Fsp3) is 0.160. The molecule has 2 aromatic carbocycles. The average Bonchev–Trinajstić information content (AvgIpc) is 3.10. The van der Waals surface area contributed by atoms with Crippen LogP contribution in [0.3, 0.4) is 0 Å². The molecule has 0 saturated heterocycles. The minimum Gasteiger partial charge on any atom is -0.494 e. The monoisotopic (exact) mass is 397 g/mol. The number of carbonyl (C=O) groups excluding carboxylic acids is 1. The summed E-state index contributed by atoms with van der Waals surface area (Å²) in [7, 11) is 0. The fourth-order valence-corrected chi connectivity index (χ4v) is 3.57. The molecule has 5 heteroatoms. The maximum atomic E-state index is 11.9. The third kappa shape index (κ3) is 4.15. The molecule has 0 aliphatic heterocycles. The van der Waals surface area contributed by atoms with Crippen LogP contribution in [-0.4, -0.2) is 33.1 Å². The van der Waals surface area contributed by atoms with Crippen LogP contribution >= 0.6 is 0 Å². The van der Waals surface area contributed by atoms with E-state index >= 15 is 0 Å². The van der Waals surface area contributed by atoms with Gasteiger partial charge in [-0.1, -0.05) is 36.4 Å². The fourth-order valence-electron chi connectivity index (χ4n) is 3.57. The normalized spacial score (nSPS) is 11.7. The quantitative estimate of drug-likeness (QED) is 0.263. The van der Waals surface area contributed by atoms with Gasteiger partial charge in [-0.05, 0) is 49.6 Å². The first-order valence-corrected chi connectivity index (χ1v) is 9.98. The molecule has 0 fully saturated rings. The molecule has 4 aromatic rings. The second-order valence-corrected chi connectivity index (χ2v) is 7.23. The van der Waals surface area contributed by atoms with Crippen molar-refractivity contribution in [2.24, 2.45) is 4.99 Å². The summed E-state index contributed by atoms with van der Waals surface area (Å²) in [6, 6.07) is 19.2. The standard InChI is InChI=1S/C25H23N3O2/c1-17(29)20-11-12-22-21(15-20)23(25(30)28-22)24(19-9-3-2-4-10-19)27-14-6-8-18-7-5-13-26-16-18/h2-5,7,9-13,15-16,28,30H,6,8,14H2,1H3. The minimum absolute atomic E-state index is 0.0155. The van der Waals surface area contributed by atoms with Crippen LogP contribution in [0.15, 0.2) is 78.0 Å². The van der Waals surface area contributed by atoms with Crippen molar-refractivity contribution in [2.75, 3.05) is 6.54 Å². The number of pyridine rings is 1. The molecule has 30 heavy (non-hydrogen) atoms. The van der Waals surface area contributed by atoms with Gasteiger partial charge >= 0.3 is 0 Å². The molecule has 0 atom stereocenters. The summed E-state index contributed by atoms with van der Waals surface area (Å²) in [6.07, 6.45) is 5.39. The van der Waals surface area contributed by atoms with Gasteiger partial charge in [-0.15, -0.1) is 0 Å². The molecule has 0 radical (unpaired) electrons. The molecule has 0 amide bonds. The van der Waals surface area contributed by atoms with E-state index in [1.54, 1.807) is 12.3 Å². The lowest BCUT2D eigenvalue weighted by Gasteiger charge is -2.08. The first-order valence-electron chi connectivity index (χ1n) is 9.98. The lowest BCUT2D eigenvalue weighted by Crippen LogP contribution is -2.05. The molecular formula is C25H23N3O2. The van der Waals surface area contributed by atoms with E-state index in [4.69, 9.17) is 4.99 Å². The van der Waals surface area contributed by atoms with E-state index < -0.39 is 0 Å². The van der Waals surface area contributed by atoms with E-state index in [2.05, 4.69) is 16.0 Å². The summed E-state index contributed by atoms with van der Waals surface area (Å²) >= 11 is 0. The Morgan fingerprint density at radius 2 is 1.90 bits per heavy atom. The van der Waals surface area contributed by atoms with Gasteiger partial charge in [0.25, 0.3) is 0 Å². The predicted octanol–water partition coefficient (Wildman–Crippen LogP) is 4.94. The second kappa shape index (κ2) is 8.74. The van der Waals surface area contributed by atoms with Crippen LogP contribution in [0.25, 0.3) is 10.9 Å². The zero-order chi connectivity index (χ0) is 20.9. The number of carbonyl (C=O) groups is 1. The first kappa shape index (κ1) is 19.6. The third-order valence-corrected chi connectivity index (χ3v) is 5.09. The molecule has 2 aromatic heterocycles. The van der Waals surface area contributed by atoms with Gasteiger partial charge in [-0.2, -0.15) is 0 Å². The van der Waals surface area contributed by atoms with Crippen LogP contribution in [-0.2, 0) is 6.42 Å². The zero-order valence-electron chi connectivity index (χ0n) is 16.8. The highest BCUT2D eigenvalue weighted by Gasteiger charge is 2.19. The number of benzene rings is 2. The molecule has 0 spiro atoms. The van der Waals surface area contributed by atoms with Crippen molar-refractivity contribution in [3.05, 3.63) is 95.3 Å². The number of H-pyrrole nitrogens is 1. The number of hydrogen-bond acceptors (Lipinski definition) is 4. The van der Waals surface area contributed by atoms with E-state index in [9.17, 15) is 9.90 Å². The van der Waals surface area contributed by atoms with E-state index in [0.29, 0.717) is 23.4 Å². The van der Waals surface area contributed by atoms with Gasteiger partial charge in [0.15, 0.2) is 11.7 Å². The molecule has 2 heterocycles. The third-order valence-electron chi connectivity index (χ3n) is 5.09. The Morgan fingerprint density at radius 3 is 2.63 bits per heavy atom. The number of aromatic nitrogens is 2. The Hall–Kier alpha value is -3.73. The Morgan fingerprint density at radius 1 is 1.07 bits per heavy atom. The van der Waals surface area contributed by atoms with Gasteiger partial charge in [0.2, 0.25) is 0 Å². The van der Waals surface area contributed by atoms with E-state index in [-0.39, 0.29) is 11.7 Å². The first-order chi connectivity index (χ1) is 14.6. The number of fused-ring (bicyclic) bond motifs is 1. The van der Waals surface area contributed by atoms with Gasteiger partial charge in [0.1, 0.15) is 0 Å². The molecule has 4 rings (SSSR count). The molecule has 0 aliphatic rings. The number of aryl methyl sites for hydroxylation is 1. The van der Waals surface area contributed by atoms with Crippen molar-refractivity contribution >= 4 is 22.4 Å². The van der Waals surface area contributed by atoms with Crippen LogP contribution < -0.4 is 0 Å². The van der Waals surface area contributed by atoms with Gasteiger partial charge in [-0.25, -0.2) is 0 Å². The lowest BCUT2D eigenvalue weighted by atomic mass is 9.99. The van der Waals surface area contributed by atoms with Crippen LogP contribution in [0.5, 0.6) is 5.88 Å². The van der Waals surface area contributed by atoms with E-state index in [1.807, 2.05) is 54.7 Å². The summed E-state index contributed by atoms with van der Waals surface area (Å²) < 4.78 is 0. The van der Waals surface area contributed by atoms with Crippen molar-refractivity contribution in [1.29, 1.82) is 0 Å². The maximum Gasteiger partial charge on any atom is 0.199 e. The molecule has 0 unspecified atom stereocenters. The predicted molar refractivity (Wildman–Crippen MR) is 119 cm³/mol. The Balaban J connectivity index is 1.72. The summed E-state index contributed by atoms with van der Waals surface area (Å²) in [4.78, 5) is 23.9. The molecule has 5 nitrogen and oxygen atoms in total. The topological polar surface area (TPSA) is 78.3 Å². The van der Waals surface area contributed by atoms with E-state index in [0.717, 1.165) is 29.3 Å². The molecule has 2 N–H and O–H groups in total. The highest BCUT2D eigenvalue weighted by molar-refractivity contribution is 6.21. The number of nitrogens with one attached hydrogen (secondary N) is 1. The van der Waals surface area contributed by atoms with Crippen molar-refractivity contribution in [3.63, 3.8) is 0 Å². The number of aromatic amines is 1. The Bertz CT molecular complexity index is 1200. The summed E-state index contributed by atoms with van der Waals surface area (Å²) in [5, 5.41) is 11.5. The lowest BCUT2D eigenvalue weighted by molar-refractivity contribution is 0.101. The van der Waals surface area contributed by atoms with Crippen LogP contribution in [0.1, 0.15) is 40.4 Å².